The molecule has 3 rings (SSSR count). The zero-order valence-electron chi connectivity index (χ0n) is 14.5. The second-order valence-corrected chi connectivity index (χ2v) is 8.73. The Morgan fingerprint density at radius 1 is 1.27 bits per heavy atom. The molecular weight excluding hydrogens is 364 g/mol. The predicted molar refractivity (Wildman–Crippen MR) is 92.4 cm³/mol. The van der Waals surface area contributed by atoms with E-state index in [1.165, 1.54) is 0 Å². The van der Waals surface area contributed by atoms with Crippen LogP contribution in [-0.4, -0.2) is 36.9 Å². The molecule has 1 fully saturated rings. The molecule has 2 heterocycles. The minimum atomic E-state index is -3.05. The molecule has 140 valence electrons. The maximum atomic E-state index is 13.6. The Hall–Kier alpha value is -2.22. The van der Waals surface area contributed by atoms with Gasteiger partial charge >= 0.3 is 0 Å². The lowest BCUT2D eigenvalue weighted by Crippen LogP contribution is -2.16. The van der Waals surface area contributed by atoms with Crippen LogP contribution in [0.5, 0.6) is 5.75 Å². The molecule has 5 nitrogen and oxygen atoms in total. The van der Waals surface area contributed by atoms with Crippen molar-refractivity contribution in [3.05, 3.63) is 52.9 Å². The van der Waals surface area contributed by atoms with Crippen molar-refractivity contribution >= 4 is 15.6 Å². The monoisotopic (exact) mass is 383 g/mol. The Bertz CT molecular complexity index is 966. The van der Waals surface area contributed by atoms with E-state index < -0.39 is 28.1 Å². The fourth-order valence-corrected chi connectivity index (χ4v) is 5.11. The van der Waals surface area contributed by atoms with E-state index in [4.69, 9.17) is 4.74 Å². The molecule has 1 aliphatic rings. The number of aromatic nitrogens is 1. The van der Waals surface area contributed by atoms with Crippen molar-refractivity contribution in [3.8, 4) is 5.75 Å². The number of hydrogen-bond acceptors (Lipinski definition) is 4. The number of hydrogen-bond donors (Lipinski definition) is 0. The van der Waals surface area contributed by atoms with E-state index in [2.05, 4.69) is 0 Å². The minimum Gasteiger partial charge on any atom is -0.482 e. The summed E-state index contributed by atoms with van der Waals surface area (Å²) in [6, 6.07) is 4.37. The van der Waals surface area contributed by atoms with E-state index in [-0.39, 0.29) is 29.1 Å². The molecule has 0 aliphatic carbocycles. The van der Waals surface area contributed by atoms with Gasteiger partial charge < -0.3 is 9.30 Å². The first-order valence-electron chi connectivity index (χ1n) is 8.18. The molecule has 26 heavy (non-hydrogen) atoms. The van der Waals surface area contributed by atoms with Crippen molar-refractivity contribution in [2.75, 3.05) is 18.1 Å². The standard InChI is InChI=1S/C18H19F2NO4S/c1-11-7-15(12(2)21(11)14-5-6-26(23,24)10-14)17(22)9-25-18-4-3-13(19)8-16(18)20/h3-4,7-8,14H,5-6,9-10H2,1-2H3/t14-/m0/s1. The fraction of sp³-hybridized carbons (Fsp3) is 0.389. The van der Waals surface area contributed by atoms with Crippen molar-refractivity contribution in [1.82, 2.24) is 4.57 Å². The van der Waals surface area contributed by atoms with E-state index in [1.54, 1.807) is 13.0 Å². The average molecular weight is 383 g/mol. The third-order valence-electron chi connectivity index (χ3n) is 4.61. The van der Waals surface area contributed by atoms with Crippen LogP contribution in [0.15, 0.2) is 24.3 Å². The third kappa shape index (κ3) is 3.65. The van der Waals surface area contributed by atoms with E-state index >= 15 is 0 Å². The van der Waals surface area contributed by atoms with Gasteiger partial charge in [0.15, 0.2) is 28.0 Å². The smallest absolute Gasteiger partial charge is 0.202 e. The van der Waals surface area contributed by atoms with Crippen LogP contribution in [-0.2, 0) is 9.84 Å². The van der Waals surface area contributed by atoms with Crippen molar-refractivity contribution in [2.45, 2.75) is 26.3 Å². The van der Waals surface area contributed by atoms with Crippen molar-refractivity contribution in [1.29, 1.82) is 0 Å². The molecule has 2 aromatic rings. The minimum absolute atomic E-state index is 0.0638. The molecule has 8 heteroatoms. The summed E-state index contributed by atoms with van der Waals surface area (Å²) in [5, 5.41) is 0. The highest BCUT2D eigenvalue weighted by atomic mass is 32.2. The number of carbonyl (C=O) groups excluding carboxylic acids is 1. The van der Waals surface area contributed by atoms with Crippen LogP contribution in [0.2, 0.25) is 0 Å². The lowest BCUT2D eigenvalue weighted by Gasteiger charge is -2.16. The summed E-state index contributed by atoms with van der Waals surface area (Å²) in [6.45, 7) is 3.18. The molecular formula is C18H19F2NO4S. The maximum absolute atomic E-state index is 13.6. The number of ether oxygens (including phenoxy) is 1. The van der Waals surface area contributed by atoms with Gasteiger partial charge in [-0.2, -0.15) is 0 Å². The Morgan fingerprint density at radius 3 is 2.62 bits per heavy atom. The van der Waals surface area contributed by atoms with Gasteiger partial charge in [-0.15, -0.1) is 0 Å². The molecule has 0 amide bonds. The van der Waals surface area contributed by atoms with Gasteiger partial charge in [-0.3, -0.25) is 4.79 Å². The molecule has 1 atom stereocenters. The zero-order chi connectivity index (χ0) is 19.1. The molecule has 0 saturated carbocycles. The first kappa shape index (κ1) is 18.6. The lowest BCUT2D eigenvalue weighted by atomic mass is 10.1. The second-order valence-electron chi connectivity index (χ2n) is 6.50. The maximum Gasteiger partial charge on any atom is 0.202 e. The fourth-order valence-electron chi connectivity index (χ4n) is 3.41. The summed E-state index contributed by atoms with van der Waals surface area (Å²) in [4.78, 5) is 12.5. The van der Waals surface area contributed by atoms with Crippen LogP contribution in [0.4, 0.5) is 8.78 Å². The number of ketones is 1. The van der Waals surface area contributed by atoms with Crippen LogP contribution in [0, 0.1) is 25.5 Å². The Balaban J connectivity index is 1.77. The summed E-state index contributed by atoms with van der Waals surface area (Å²) in [7, 11) is -3.05. The predicted octanol–water partition coefficient (Wildman–Crippen LogP) is 3.00. The van der Waals surface area contributed by atoms with Gasteiger partial charge in [0, 0.05) is 29.1 Å². The summed E-state index contributed by atoms with van der Waals surface area (Å²) in [5.74, 6) is -1.95. The number of sulfone groups is 1. The first-order valence-corrected chi connectivity index (χ1v) is 10.00. The topological polar surface area (TPSA) is 65.4 Å². The van der Waals surface area contributed by atoms with Gasteiger partial charge in [0.05, 0.1) is 11.5 Å². The molecule has 0 N–H and O–H groups in total. The normalized spacial score (nSPS) is 18.8. The molecule has 1 aromatic carbocycles. The Labute approximate surface area is 150 Å². The average Bonchev–Trinajstić information content (AvgIpc) is 3.05. The van der Waals surface area contributed by atoms with Gasteiger partial charge in [-0.05, 0) is 38.5 Å². The second kappa shape index (κ2) is 6.83. The number of benzene rings is 1. The Kier molecular flexibility index (Phi) is 4.88. The summed E-state index contributed by atoms with van der Waals surface area (Å²) >= 11 is 0. The van der Waals surface area contributed by atoms with E-state index in [0.29, 0.717) is 23.7 Å². The van der Waals surface area contributed by atoms with Crippen molar-refractivity contribution < 1.29 is 26.7 Å². The Morgan fingerprint density at radius 2 is 2.00 bits per heavy atom. The number of aryl methyl sites for hydroxylation is 1. The first-order chi connectivity index (χ1) is 12.2. The SMILES string of the molecule is Cc1cc(C(=O)COc2ccc(F)cc2F)c(C)n1[C@H]1CCS(=O)(=O)C1. The number of nitrogens with zero attached hydrogens (tertiary/aromatic N) is 1. The third-order valence-corrected chi connectivity index (χ3v) is 6.36. The number of halogens is 2. The van der Waals surface area contributed by atoms with Gasteiger partial charge in [0.1, 0.15) is 5.82 Å². The van der Waals surface area contributed by atoms with Crippen LogP contribution >= 0.6 is 0 Å². The number of carbonyl (C=O) groups is 1. The lowest BCUT2D eigenvalue weighted by molar-refractivity contribution is 0.0918. The quantitative estimate of drug-likeness (QED) is 0.745. The molecule has 0 radical (unpaired) electrons. The highest BCUT2D eigenvalue weighted by molar-refractivity contribution is 7.91. The van der Waals surface area contributed by atoms with Gasteiger partial charge in [0.25, 0.3) is 0 Å². The molecule has 1 saturated heterocycles. The van der Waals surface area contributed by atoms with Gasteiger partial charge in [-0.1, -0.05) is 0 Å². The van der Waals surface area contributed by atoms with Crippen LogP contribution < -0.4 is 4.74 Å². The molecule has 0 unspecified atom stereocenters. The van der Waals surface area contributed by atoms with Crippen molar-refractivity contribution in [2.24, 2.45) is 0 Å². The van der Waals surface area contributed by atoms with E-state index in [0.717, 1.165) is 17.8 Å². The summed E-state index contributed by atoms with van der Waals surface area (Å²) < 4.78 is 57.0. The van der Waals surface area contributed by atoms with E-state index in [1.807, 2.05) is 11.5 Å². The number of Topliss-reactive ketones (excluding diaryl/α,β-unsaturated/α-hetero) is 1. The summed E-state index contributed by atoms with van der Waals surface area (Å²) in [5.41, 5.74) is 1.87. The van der Waals surface area contributed by atoms with Gasteiger partial charge in [0.2, 0.25) is 5.78 Å². The van der Waals surface area contributed by atoms with Gasteiger partial charge in [-0.25, -0.2) is 17.2 Å². The molecule has 0 bridgehead atoms. The highest BCUT2D eigenvalue weighted by Gasteiger charge is 2.31. The van der Waals surface area contributed by atoms with Crippen LogP contribution in [0.25, 0.3) is 0 Å². The largest absolute Gasteiger partial charge is 0.482 e. The van der Waals surface area contributed by atoms with Crippen molar-refractivity contribution in [3.63, 3.8) is 0 Å². The molecule has 0 spiro atoms. The molecule has 1 aliphatic heterocycles. The molecule has 1 aromatic heterocycles. The summed E-state index contributed by atoms with van der Waals surface area (Å²) in [6.07, 6.45) is 0.517. The van der Waals surface area contributed by atoms with Crippen LogP contribution in [0.3, 0.4) is 0 Å². The van der Waals surface area contributed by atoms with Crippen LogP contribution in [0.1, 0.15) is 34.2 Å². The number of rotatable bonds is 5. The van der Waals surface area contributed by atoms with E-state index in [9.17, 15) is 22.0 Å². The zero-order valence-corrected chi connectivity index (χ0v) is 15.3. The highest BCUT2D eigenvalue weighted by Crippen LogP contribution is 2.29.